The molecule has 4 heterocycles. The number of H-pyrrole nitrogens is 1. The molecule has 0 unspecified atom stereocenters. The van der Waals surface area contributed by atoms with Crippen molar-refractivity contribution in [1.29, 1.82) is 0 Å². The Morgan fingerprint density at radius 2 is 2.26 bits per heavy atom. The van der Waals surface area contributed by atoms with Crippen molar-refractivity contribution in [3.63, 3.8) is 0 Å². The lowest BCUT2D eigenvalue weighted by molar-refractivity contribution is 0.102. The molecule has 0 bridgehead atoms. The SMILES string of the molecule is O=C(Nc1nnc(-c2ccsc2)s1)c1cc(-c2ccco2)[nH]n1. The second-order valence-corrected chi connectivity index (χ2v) is 6.28. The Morgan fingerprint density at radius 3 is 3.04 bits per heavy atom. The van der Waals surface area contributed by atoms with Gasteiger partial charge in [-0.25, -0.2) is 0 Å². The predicted molar refractivity (Wildman–Crippen MR) is 87.5 cm³/mol. The second-order valence-electron chi connectivity index (χ2n) is 4.52. The summed E-state index contributed by atoms with van der Waals surface area (Å²) in [6.45, 7) is 0. The molecule has 4 aromatic heterocycles. The van der Waals surface area contributed by atoms with E-state index < -0.39 is 0 Å². The molecule has 1 amide bonds. The van der Waals surface area contributed by atoms with Crippen LogP contribution >= 0.6 is 22.7 Å². The smallest absolute Gasteiger partial charge is 0.277 e. The zero-order chi connectivity index (χ0) is 15.6. The van der Waals surface area contributed by atoms with E-state index >= 15 is 0 Å². The van der Waals surface area contributed by atoms with Crippen LogP contribution in [0.5, 0.6) is 0 Å². The van der Waals surface area contributed by atoms with E-state index in [1.807, 2.05) is 16.8 Å². The topological polar surface area (TPSA) is 96.7 Å². The van der Waals surface area contributed by atoms with Crippen LogP contribution in [0.2, 0.25) is 0 Å². The predicted octanol–water partition coefficient (Wildman–Crippen LogP) is 3.50. The molecule has 0 aliphatic rings. The lowest BCUT2D eigenvalue weighted by atomic mass is 10.3. The van der Waals surface area contributed by atoms with Gasteiger partial charge >= 0.3 is 0 Å². The summed E-state index contributed by atoms with van der Waals surface area (Å²) in [6, 6.07) is 7.13. The summed E-state index contributed by atoms with van der Waals surface area (Å²) >= 11 is 2.90. The lowest BCUT2D eigenvalue weighted by Crippen LogP contribution is -2.12. The highest BCUT2D eigenvalue weighted by Gasteiger charge is 2.15. The molecule has 0 atom stereocenters. The average molecular weight is 343 g/mol. The number of carbonyl (C=O) groups is 1. The molecular formula is C14H9N5O2S2. The molecule has 114 valence electrons. The van der Waals surface area contributed by atoms with Gasteiger partial charge in [-0.3, -0.25) is 15.2 Å². The highest BCUT2D eigenvalue weighted by Crippen LogP contribution is 2.28. The van der Waals surface area contributed by atoms with Crippen LogP contribution in [0.1, 0.15) is 10.5 Å². The molecule has 7 nitrogen and oxygen atoms in total. The molecule has 0 spiro atoms. The van der Waals surface area contributed by atoms with Crippen LogP contribution in [-0.4, -0.2) is 26.3 Å². The van der Waals surface area contributed by atoms with Crippen molar-refractivity contribution >= 4 is 33.7 Å². The lowest BCUT2D eigenvalue weighted by Gasteiger charge is -1.95. The van der Waals surface area contributed by atoms with Crippen LogP contribution in [0.3, 0.4) is 0 Å². The van der Waals surface area contributed by atoms with E-state index in [1.165, 1.54) is 11.3 Å². The molecule has 0 aromatic carbocycles. The van der Waals surface area contributed by atoms with Crippen molar-refractivity contribution in [3.8, 4) is 22.0 Å². The first-order valence-electron chi connectivity index (χ1n) is 6.56. The molecule has 0 aliphatic carbocycles. The van der Waals surface area contributed by atoms with Gasteiger partial charge in [0.2, 0.25) is 5.13 Å². The Bertz CT molecular complexity index is 924. The number of nitrogens with one attached hydrogen (secondary N) is 2. The number of thiophene rings is 1. The second kappa shape index (κ2) is 5.78. The molecule has 9 heteroatoms. The van der Waals surface area contributed by atoms with E-state index in [9.17, 15) is 4.79 Å². The summed E-state index contributed by atoms with van der Waals surface area (Å²) in [5.41, 5.74) is 1.88. The van der Waals surface area contributed by atoms with Gasteiger partial charge in [-0.15, -0.1) is 10.2 Å². The molecule has 4 aromatic rings. The molecule has 0 saturated carbocycles. The minimum absolute atomic E-state index is 0.253. The Labute approximate surface area is 138 Å². The Morgan fingerprint density at radius 1 is 1.30 bits per heavy atom. The number of aromatic nitrogens is 4. The average Bonchev–Trinajstić information content (AvgIpc) is 3.30. The Balaban J connectivity index is 1.50. The Hall–Kier alpha value is -2.78. The fourth-order valence-electron chi connectivity index (χ4n) is 1.93. The van der Waals surface area contributed by atoms with E-state index in [0.717, 1.165) is 10.6 Å². The highest BCUT2D eigenvalue weighted by atomic mass is 32.1. The maximum atomic E-state index is 12.2. The number of carbonyl (C=O) groups excluding carboxylic acids is 1. The summed E-state index contributed by atoms with van der Waals surface area (Å²) in [4.78, 5) is 12.2. The first-order chi connectivity index (χ1) is 11.3. The van der Waals surface area contributed by atoms with Crippen LogP contribution in [-0.2, 0) is 0 Å². The highest BCUT2D eigenvalue weighted by molar-refractivity contribution is 7.19. The fraction of sp³-hybridized carbons (Fsp3) is 0. The van der Waals surface area contributed by atoms with Gasteiger partial charge in [0.1, 0.15) is 10.7 Å². The molecule has 0 saturated heterocycles. The number of hydrogen-bond acceptors (Lipinski definition) is 7. The van der Waals surface area contributed by atoms with Gasteiger partial charge in [-0.2, -0.15) is 16.4 Å². The van der Waals surface area contributed by atoms with Crippen LogP contribution < -0.4 is 5.32 Å². The quantitative estimate of drug-likeness (QED) is 0.591. The van der Waals surface area contributed by atoms with Crippen molar-refractivity contribution in [2.24, 2.45) is 0 Å². The summed E-state index contributed by atoms with van der Waals surface area (Å²) in [5.74, 6) is 0.263. The normalized spacial score (nSPS) is 10.8. The number of aromatic amines is 1. The minimum Gasteiger partial charge on any atom is -0.463 e. The first-order valence-corrected chi connectivity index (χ1v) is 8.32. The maximum Gasteiger partial charge on any atom is 0.277 e. The van der Waals surface area contributed by atoms with Crippen molar-refractivity contribution < 1.29 is 9.21 Å². The summed E-state index contributed by atoms with van der Waals surface area (Å²) < 4.78 is 5.25. The molecule has 2 N–H and O–H groups in total. The van der Waals surface area contributed by atoms with E-state index in [0.29, 0.717) is 16.6 Å². The minimum atomic E-state index is -0.355. The summed E-state index contributed by atoms with van der Waals surface area (Å²) in [7, 11) is 0. The number of amides is 1. The van der Waals surface area contributed by atoms with E-state index in [2.05, 4.69) is 25.7 Å². The number of anilines is 1. The maximum absolute atomic E-state index is 12.2. The van der Waals surface area contributed by atoms with Gasteiger partial charge in [-0.1, -0.05) is 11.3 Å². The molecule has 0 radical (unpaired) electrons. The van der Waals surface area contributed by atoms with E-state index in [4.69, 9.17) is 4.42 Å². The fourth-order valence-corrected chi connectivity index (χ4v) is 3.38. The zero-order valence-electron chi connectivity index (χ0n) is 11.5. The third-order valence-corrected chi connectivity index (χ3v) is 4.58. The molecular weight excluding hydrogens is 334 g/mol. The van der Waals surface area contributed by atoms with E-state index in [-0.39, 0.29) is 11.6 Å². The third kappa shape index (κ3) is 2.79. The van der Waals surface area contributed by atoms with Crippen molar-refractivity contribution in [2.75, 3.05) is 5.32 Å². The van der Waals surface area contributed by atoms with Gasteiger partial charge < -0.3 is 4.42 Å². The molecule has 0 fully saturated rings. The number of hydrogen-bond donors (Lipinski definition) is 2. The third-order valence-electron chi connectivity index (χ3n) is 3.01. The first kappa shape index (κ1) is 13.9. The van der Waals surface area contributed by atoms with Crippen molar-refractivity contribution in [2.45, 2.75) is 0 Å². The Kier molecular flexibility index (Phi) is 3.48. The molecule has 4 rings (SSSR count). The van der Waals surface area contributed by atoms with Crippen LogP contribution in [0.15, 0.2) is 45.7 Å². The van der Waals surface area contributed by atoms with Gasteiger partial charge in [-0.05, 0) is 23.6 Å². The van der Waals surface area contributed by atoms with Gasteiger partial charge in [0.05, 0.1) is 6.26 Å². The van der Waals surface area contributed by atoms with E-state index in [1.54, 1.807) is 35.8 Å². The standard InChI is InChI=1S/C14H9N5O2S2/c20-12(10-6-9(16-17-10)11-2-1-4-21-11)15-14-19-18-13(23-14)8-3-5-22-7-8/h1-7H,(H,16,17)(H,15,19,20). The zero-order valence-corrected chi connectivity index (χ0v) is 13.1. The van der Waals surface area contributed by atoms with Crippen LogP contribution in [0.4, 0.5) is 5.13 Å². The molecule has 23 heavy (non-hydrogen) atoms. The summed E-state index contributed by atoms with van der Waals surface area (Å²) in [6.07, 6.45) is 1.56. The van der Waals surface area contributed by atoms with Crippen LogP contribution in [0, 0.1) is 0 Å². The number of rotatable bonds is 4. The summed E-state index contributed by atoms with van der Waals surface area (Å²) in [5, 5.41) is 22.6. The van der Waals surface area contributed by atoms with Gasteiger partial charge in [0.25, 0.3) is 5.91 Å². The largest absolute Gasteiger partial charge is 0.463 e. The number of furan rings is 1. The van der Waals surface area contributed by atoms with Crippen LogP contribution in [0.25, 0.3) is 22.0 Å². The number of nitrogens with zero attached hydrogens (tertiary/aromatic N) is 3. The van der Waals surface area contributed by atoms with Gasteiger partial charge in [0.15, 0.2) is 11.5 Å². The van der Waals surface area contributed by atoms with Crippen molar-refractivity contribution in [3.05, 3.63) is 47.0 Å². The van der Waals surface area contributed by atoms with Crippen molar-refractivity contribution in [1.82, 2.24) is 20.4 Å². The van der Waals surface area contributed by atoms with Gasteiger partial charge in [0, 0.05) is 17.0 Å². The molecule has 0 aliphatic heterocycles. The monoisotopic (exact) mass is 343 g/mol.